The smallest absolute Gasteiger partial charge is 0.225 e. The molecule has 0 bridgehead atoms. The van der Waals surface area contributed by atoms with Gasteiger partial charge in [0.05, 0.1) is 5.39 Å². The minimum atomic E-state index is 0.181. The van der Waals surface area contributed by atoms with Crippen molar-refractivity contribution in [3.63, 3.8) is 0 Å². The summed E-state index contributed by atoms with van der Waals surface area (Å²) in [6.45, 7) is 7.50. The van der Waals surface area contributed by atoms with E-state index in [0.717, 1.165) is 29.0 Å². The van der Waals surface area contributed by atoms with Crippen molar-refractivity contribution in [3.05, 3.63) is 10.9 Å². The molecule has 0 unspecified atom stereocenters. The maximum Gasteiger partial charge on any atom is 0.225 e. The van der Waals surface area contributed by atoms with Gasteiger partial charge in [-0.15, -0.1) is 11.3 Å². The molecule has 2 aromatic heterocycles. The summed E-state index contributed by atoms with van der Waals surface area (Å²) in [7, 11) is 1.85. The number of hydrogen-bond donors (Lipinski definition) is 2. The van der Waals surface area contributed by atoms with Crippen molar-refractivity contribution < 1.29 is 0 Å². The van der Waals surface area contributed by atoms with E-state index in [2.05, 4.69) is 53.7 Å². The number of thioether (sulfide) groups is 1. The van der Waals surface area contributed by atoms with Crippen LogP contribution in [0.3, 0.4) is 0 Å². The van der Waals surface area contributed by atoms with E-state index in [0.29, 0.717) is 5.95 Å². The fourth-order valence-corrected chi connectivity index (χ4v) is 2.94. The number of rotatable bonds is 6. The first-order valence-electron chi connectivity index (χ1n) is 6.76. The van der Waals surface area contributed by atoms with Gasteiger partial charge in [-0.2, -0.15) is 16.7 Å². The second-order valence-electron chi connectivity index (χ2n) is 5.25. The maximum absolute atomic E-state index is 4.57. The Bertz CT molecular complexity index is 592. The highest BCUT2D eigenvalue weighted by atomic mass is 32.2. The van der Waals surface area contributed by atoms with Gasteiger partial charge in [0.25, 0.3) is 0 Å². The van der Waals surface area contributed by atoms with Crippen LogP contribution in [0.2, 0.25) is 0 Å². The Morgan fingerprint density at radius 1 is 1.35 bits per heavy atom. The molecular formula is C14H22N4S2. The zero-order valence-electron chi connectivity index (χ0n) is 12.7. The number of aromatic nitrogens is 2. The van der Waals surface area contributed by atoms with Gasteiger partial charge in [0.15, 0.2) is 0 Å². The van der Waals surface area contributed by atoms with E-state index in [-0.39, 0.29) is 4.75 Å². The van der Waals surface area contributed by atoms with Crippen molar-refractivity contribution in [1.82, 2.24) is 9.97 Å². The predicted octanol–water partition coefficient (Wildman–Crippen LogP) is 3.85. The van der Waals surface area contributed by atoms with Crippen LogP contribution in [0.15, 0.2) is 6.07 Å². The van der Waals surface area contributed by atoms with E-state index >= 15 is 0 Å². The molecule has 4 nitrogen and oxygen atoms in total. The van der Waals surface area contributed by atoms with Crippen LogP contribution < -0.4 is 10.6 Å². The van der Waals surface area contributed by atoms with Gasteiger partial charge < -0.3 is 10.6 Å². The normalized spacial score (nSPS) is 11.8. The molecule has 2 heterocycles. The lowest BCUT2D eigenvalue weighted by Gasteiger charge is -2.22. The van der Waals surface area contributed by atoms with Crippen molar-refractivity contribution in [2.45, 2.75) is 31.9 Å². The molecule has 0 fully saturated rings. The number of aryl methyl sites for hydroxylation is 1. The lowest BCUT2D eigenvalue weighted by atomic mass is 10.2. The first-order chi connectivity index (χ1) is 9.49. The molecule has 0 aromatic carbocycles. The van der Waals surface area contributed by atoms with Gasteiger partial charge in [-0.3, -0.25) is 0 Å². The molecule has 0 aliphatic rings. The Kier molecular flexibility index (Phi) is 4.75. The highest BCUT2D eigenvalue weighted by Gasteiger charge is 2.17. The monoisotopic (exact) mass is 310 g/mol. The van der Waals surface area contributed by atoms with Crippen molar-refractivity contribution in [2.75, 3.05) is 30.5 Å². The molecule has 2 aromatic rings. The van der Waals surface area contributed by atoms with Gasteiger partial charge in [-0.25, -0.2) is 4.98 Å². The number of fused-ring (bicyclic) bond motifs is 1. The van der Waals surface area contributed by atoms with Crippen molar-refractivity contribution in [3.8, 4) is 0 Å². The molecule has 0 aliphatic carbocycles. The Morgan fingerprint density at radius 3 is 2.70 bits per heavy atom. The predicted molar refractivity (Wildman–Crippen MR) is 92.4 cm³/mol. The Morgan fingerprint density at radius 2 is 2.10 bits per heavy atom. The summed E-state index contributed by atoms with van der Waals surface area (Å²) in [5.74, 6) is 1.60. The zero-order valence-corrected chi connectivity index (χ0v) is 14.3. The van der Waals surface area contributed by atoms with Crippen LogP contribution in [-0.4, -0.2) is 34.6 Å². The molecule has 20 heavy (non-hydrogen) atoms. The van der Waals surface area contributed by atoms with Crippen LogP contribution in [0.4, 0.5) is 11.8 Å². The molecular weight excluding hydrogens is 288 g/mol. The van der Waals surface area contributed by atoms with Gasteiger partial charge in [0.1, 0.15) is 10.6 Å². The minimum absolute atomic E-state index is 0.181. The number of thiophene rings is 1. The SMILES string of the molecule is CCc1cc2c(NCC(C)(C)SC)nc(NC)nc2s1. The maximum atomic E-state index is 4.57. The van der Waals surface area contributed by atoms with Crippen LogP contribution in [0, 0.1) is 0 Å². The fourth-order valence-electron chi connectivity index (χ4n) is 1.76. The minimum Gasteiger partial charge on any atom is -0.368 e. The molecule has 0 saturated carbocycles. The summed E-state index contributed by atoms with van der Waals surface area (Å²) in [5.41, 5.74) is 0. The molecule has 110 valence electrons. The molecule has 0 atom stereocenters. The average molecular weight is 310 g/mol. The second-order valence-corrected chi connectivity index (χ2v) is 7.88. The standard InChI is InChI=1S/C14H22N4S2/c1-6-9-7-10-11(16-8-14(2,3)19-5)17-13(15-4)18-12(10)20-9/h7H,6,8H2,1-5H3,(H2,15,16,17,18). The van der Waals surface area contributed by atoms with Crippen molar-refractivity contribution >= 4 is 45.1 Å². The topological polar surface area (TPSA) is 49.8 Å². The van der Waals surface area contributed by atoms with E-state index < -0.39 is 0 Å². The van der Waals surface area contributed by atoms with Gasteiger partial charge >= 0.3 is 0 Å². The largest absolute Gasteiger partial charge is 0.368 e. The van der Waals surface area contributed by atoms with E-state index in [4.69, 9.17) is 0 Å². The number of hydrogen-bond acceptors (Lipinski definition) is 6. The molecule has 0 amide bonds. The second kappa shape index (κ2) is 6.18. The first-order valence-corrected chi connectivity index (χ1v) is 8.80. The van der Waals surface area contributed by atoms with Gasteiger partial charge in [0.2, 0.25) is 5.95 Å². The summed E-state index contributed by atoms with van der Waals surface area (Å²) in [6.07, 6.45) is 3.17. The van der Waals surface area contributed by atoms with Gasteiger partial charge in [0, 0.05) is 23.2 Å². The summed E-state index contributed by atoms with van der Waals surface area (Å²) in [4.78, 5) is 11.5. The number of nitrogens with zero attached hydrogens (tertiary/aromatic N) is 2. The van der Waals surface area contributed by atoms with Crippen LogP contribution in [-0.2, 0) is 6.42 Å². The zero-order chi connectivity index (χ0) is 14.8. The summed E-state index contributed by atoms with van der Waals surface area (Å²) in [6, 6.07) is 2.20. The molecule has 6 heteroatoms. The molecule has 0 spiro atoms. The molecule has 0 aliphatic heterocycles. The number of anilines is 2. The molecule has 2 rings (SSSR count). The Hall–Kier alpha value is -1.01. The van der Waals surface area contributed by atoms with Crippen LogP contribution in [0.1, 0.15) is 25.6 Å². The van der Waals surface area contributed by atoms with Gasteiger partial charge in [-0.05, 0) is 32.6 Å². The molecule has 0 saturated heterocycles. The fraction of sp³-hybridized carbons (Fsp3) is 0.571. The van der Waals surface area contributed by atoms with E-state index in [1.54, 1.807) is 11.3 Å². The van der Waals surface area contributed by atoms with Crippen LogP contribution in [0.5, 0.6) is 0 Å². The van der Waals surface area contributed by atoms with Crippen molar-refractivity contribution in [1.29, 1.82) is 0 Å². The van der Waals surface area contributed by atoms with Crippen LogP contribution >= 0.6 is 23.1 Å². The Labute approximate surface area is 128 Å². The lowest BCUT2D eigenvalue weighted by molar-refractivity contribution is 0.751. The summed E-state index contributed by atoms with van der Waals surface area (Å²) >= 11 is 3.60. The summed E-state index contributed by atoms with van der Waals surface area (Å²) in [5, 5.41) is 7.65. The quantitative estimate of drug-likeness (QED) is 0.849. The van der Waals surface area contributed by atoms with E-state index in [1.165, 1.54) is 4.88 Å². The van der Waals surface area contributed by atoms with E-state index in [9.17, 15) is 0 Å². The van der Waals surface area contributed by atoms with Gasteiger partial charge in [-0.1, -0.05) is 6.92 Å². The highest BCUT2D eigenvalue weighted by Crippen LogP contribution is 2.31. The summed E-state index contributed by atoms with van der Waals surface area (Å²) < 4.78 is 0.181. The number of nitrogens with one attached hydrogen (secondary N) is 2. The lowest BCUT2D eigenvalue weighted by Crippen LogP contribution is -2.26. The highest BCUT2D eigenvalue weighted by molar-refractivity contribution is 7.99. The molecule has 0 radical (unpaired) electrons. The Balaban J connectivity index is 2.36. The third-order valence-electron chi connectivity index (χ3n) is 3.25. The third-order valence-corrected chi connectivity index (χ3v) is 5.67. The first kappa shape index (κ1) is 15.4. The molecule has 2 N–H and O–H groups in total. The van der Waals surface area contributed by atoms with Crippen molar-refractivity contribution in [2.24, 2.45) is 0 Å². The van der Waals surface area contributed by atoms with E-state index in [1.807, 2.05) is 18.8 Å². The average Bonchev–Trinajstić information content (AvgIpc) is 2.87. The third kappa shape index (κ3) is 3.35. The van der Waals surface area contributed by atoms with Crippen LogP contribution in [0.25, 0.3) is 10.2 Å².